The SMILES string of the molecule is CC(C)(C)C(O)CNC(=O)NC(CC1CCOCC1)c1ccccc1. The van der Waals surface area contributed by atoms with Crippen LogP contribution in [0.1, 0.15) is 51.6 Å². The van der Waals surface area contributed by atoms with Crippen LogP contribution in [0.25, 0.3) is 0 Å². The van der Waals surface area contributed by atoms with Crippen LogP contribution in [0, 0.1) is 11.3 Å². The van der Waals surface area contributed by atoms with Gasteiger partial charge in [-0.05, 0) is 36.2 Å². The Labute approximate surface area is 151 Å². The van der Waals surface area contributed by atoms with Gasteiger partial charge in [0.2, 0.25) is 0 Å². The molecule has 1 aliphatic rings. The summed E-state index contributed by atoms with van der Waals surface area (Å²) in [5.74, 6) is 0.555. The number of hydrogen-bond acceptors (Lipinski definition) is 3. The standard InChI is InChI=1S/C20H32N2O3/c1-20(2,3)18(23)14-21-19(24)22-17(16-7-5-4-6-8-16)13-15-9-11-25-12-10-15/h4-8,15,17-18,23H,9-14H2,1-3H3,(H2,21,22,24). The molecule has 1 aliphatic heterocycles. The van der Waals surface area contributed by atoms with Crippen molar-refractivity contribution in [1.82, 2.24) is 10.6 Å². The highest BCUT2D eigenvalue weighted by Crippen LogP contribution is 2.27. The number of hydrogen-bond donors (Lipinski definition) is 3. The van der Waals surface area contributed by atoms with E-state index in [4.69, 9.17) is 4.74 Å². The van der Waals surface area contributed by atoms with Crippen molar-refractivity contribution in [1.29, 1.82) is 0 Å². The molecular formula is C20H32N2O3. The lowest BCUT2D eigenvalue weighted by Gasteiger charge is -2.29. The lowest BCUT2D eigenvalue weighted by molar-refractivity contribution is 0.0600. The lowest BCUT2D eigenvalue weighted by Crippen LogP contribution is -2.44. The van der Waals surface area contributed by atoms with Crippen molar-refractivity contribution in [2.24, 2.45) is 11.3 Å². The van der Waals surface area contributed by atoms with E-state index in [0.29, 0.717) is 5.92 Å². The minimum absolute atomic E-state index is 0.0314. The highest BCUT2D eigenvalue weighted by atomic mass is 16.5. The lowest BCUT2D eigenvalue weighted by atomic mass is 9.89. The number of rotatable bonds is 6. The molecule has 5 nitrogen and oxygen atoms in total. The van der Waals surface area contributed by atoms with Gasteiger partial charge in [0, 0.05) is 19.8 Å². The van der Waals surface area contributed by atoms with Gasteiger partial charge in [-0.1, -0.05) is 51.1 Å². The number of urea groups is 1. The van der Waals surface area contributed by atoms with Crippen LogP contribution in [0.2, 0.25) is 0 Å². The van der Waals surface area contributed by atoms with Gasteiger partial charge < -0.3 is 20.5 Å². The first kappa shape index (κ1) is 19.7. The van der Waals surface area contributed by atoms with Crippen molar-refractivity contribution < 1.29 is 14.6 Å². The molecule has 1 aromatic carbocycles. The van der Waals surface area contributed by atoms with Crippen molar-refractivity contribution in [3.05, 3.63) is 35.9 Å². The number of nitrogens with one attached hydrogen (secondary N) is 2. The van der Waals surface area contributed by atoms with Crippen LogP contribution in [0.15, 0.2) is 30.3 Å². The summed E-state index contributed by atoms with van der Waals surface area (Å²) < 4.78 is 5.44. The van der Waals surface area contributed by atoms with Crippen LogP contribution in [0.3, 0.4) is 0 Å². The van der Waals surface area contributed by atoms with E-state index < -0.39 is 6.10 Å². The molecule has 0 aromatic heterocycles. The molecular weight excluding hydrogens is 316 g/mol. The van der Waals surface area contributed by atoms with Gasteiger partial charge in [-0.2, -0.15) is 0 Å². The smallest absolute Gasteiger partial charge is 0.315 e. The number of carbonyl (C=O) groups is 1. The van der Waals surface area contributed by atoms with Crippen LogP contribution < -0.4 is 10.6 Å². The molecule has 140 valence electrons. The van der Waals surface area contributed by atoms with Crippen molar-refractivity contribution in [3.8, 4) is 0 Å². The van der Waals surface area contributed by atoms with Crippen molar-refractivity contribution in [2.75, 3.05) is 19.8 Å². The fourth-order valence-electron chi connectivity index (χ4n) is 2.98. The molecule has 0 saturated carbocycles. The summed E-state index contributed by atoms with van der Waals surface area (Å²) >= 11 is 0. The Morgan fingerprint density at radius 3 is 2.48 bits per heavy atom. The molecule has 2 atom stereocenters. The summed E-state index contributed by atoms with van der Waals surface area (Å²) in [6, 6.07) is 9.81. The Hall–Kier alpha value is -1.59. The Balaban J connectivity index is 1.94. The van der Waals surface area contributed by atoms with E-state index in [1.807, 2.05) is 51.1 Å². The minimum Gasteiger partial charge on any atom is -0.391 e. The number of ether oxygens (including phenoxy) is 1. The largest absolute Gasteiger partial charge is 0.391 e. The zero-order chi connectivity index (χ0) is 18.3. The molecule has 2 amide bonds. The van der Waals surface area contributed by atoms with Crippen molar-refractivity contribution >= 4 is 6.03 Å². The zero-order valence-corrected chi connectivity index (χ0v) is 15.6. The van der Waals surface area contributed by atoms with E-state index in [9.17, 15) is 9.90 Å². The van der Waals surface area contributed by atoms with Gasteiger partial charge in [-0.15, -0.1) is 0 Å². The second-order valence-corrected chi connectivity index (χ2v) is 7.99. The summed E-state index contributed by atoms with van der Waals surface area (Å²) in [6.07, 6.45) is 2.40. The van der Waals surface area contributed by atoms with Crippen LogP contribution in [-0.2, 0) is 4.74 Å². The van der Waals surface area contributed by atoms with E-state index >= 15 is 0 Å². The summed E-state index contributed by atoms with van der Waals surface area (Å²) in [5, 5.41) is 16.0. The molecule has 1 heterocycles. The Morgan fingerprint density at radius 2 is 1.88 bits per heavy atom. The van der Waals surface area contributed by atoms with Crippen LogP contribution in [0.4, 0.5) is 4.79 Å². The fraction of sp³-hybridized carbons (Fsp3) is 0.650. The molecule has 5 heteroatoms. The second kappa shape index (κ2) is 9.20. The molecule has 1 aromatic rings. The third-order valence-corrected chi connectivity index (χ3v) is 4.87. The number of benzene rings is 1. The van der Waals surface area contributed by atoms with Crippen molar-refractivity contribution in [3.63, 3.8) is 0 Å². The molecule has 2 unspecified atom stereocenters. The van der Waals surface area contributed by atoms with Crippen molar-refractivity contribution in [2.45, 2.75) is 52.2 Å². The molecule has 25 heavy (non-hydrogen) atoms. The third kappa shape index (κ3) is 6.67. The van der Waals surface area contributed by atoms with E-state index in [1.165, 1.54) is 0 Å². The molecule has 0 aliphatic carbocycles. The zero-order valence-electron chi connectivity index (χ0n) is 15.6. The van der Waals surface area contributed by atoms with Crippen LogP contribution in [0.5, 0.6) is 0 Å². The van der Waals surface area contributed by atoms with Crippen LogP contribution >= 0.6 is 0 Å². The van der Waals surface area contributed by atoms with Crippen LogP contribution in [-0.4, -0.2) is 37.0 Å². The predicted molar refractivity (Wildman–Crippen MR) is 99.3 cm³/mol. The second-order valence-electron chi connectivity index (χ2n) is 7.99. The Morgan fingerprint density at radius 1 is 1.24 bits per heavy atom. The molecule has 1 saturated heterocycles. The molecule has 1 fully saturated rings. The van der Waals surface area contributed by atoms with Gasteiger partial charge in [0.05, 0.1) is 12.1 Å². The molecule has 0 radical (unpaired) electrons. The number of carbonyl (C=O) groups excluding carboxylic acids is 1. The molecule has 0 spiro atoms. The van der Waals surface area contributed by atoms with E-state index in [-0.39, 0.29) is 24.0 Å². The van der Waals surface area contributed by atoms with Gasteiger partial charge in [0.15, 0.2) is 0 Å². The molecule has 3 N–H and O–H groups in total. The van der Waals surface area contributed by atoms with E-state index in [1.54, 1.807) is 0 Å². The van der Waals surface area contributed by atoms with Gasteiger partial charge in [0.25, 0.3) is 0 Å². The average Bonchev–Trinajstić information content (AvgIpc) is 2.60. The fourth-order valence-corrected chi connectivity index (χ4v) is 2.98. The third-order valence-electron chi connectivity index (χ3n) is 4.87. The minimum atomic E-state index is -0.580. The maximum absolute atomic E-state index is 12.3. The topological polar surface area (TPSA) is 70.6 Å². The van der Waals surface area contributed by atoms with E-state index in [2.05, 4.69) is 10.6 Å². The Kier molecular flexibility index (Phi) is 7.26. The molecule has 2 rings (SSSR count). The number of aliphatic hydroxyl groups excluding tert-OH is 1. The monoisotopic (exact) mass is 348 g/mol. The maximum Gasteiger partial charge on any atom is 0.315 e. The first-order valence-electron chi connectivity index (χ1n) is 9.21. The highest BCUT2D eigenvalue weighted by Gasteiger charge is 2.24. The normalized spacial score (nSPS) is 18.4. The Bertz CT molecular complexity index is 521. The summed E-state index contributed by atoms with van der Waals surface area (Å²) in [6.45, 7) is 7.71. The summed E-state index contributed by atoms with van der Waals surface area (Å²) in [5.41, 5.74) is 0.856. The summed E-state index contributed by atoms with van der Waals surface area (Å²) in [7, 11) is 0. The predicted octanol–water partition coefficient (Wildman–Crippen LogP) is 3.25. The van der Waals surface area contributed by atoms with Gasteiger partial charge >= 0.3 is 6.03 Å². The number of aliphatic hydroxyl groups is 1. The summed E-state index contributed by atoms with van der Waals surface area (Å²) in [4.78, 5) is 12.3. The number of amides is 2. The maximum atomic E-state index is 12.3. The van der Waals surface area contributed by atoms with Gasteiger partial charge in [-0.25, -0.2) is 4.79 Å². The molecule has 0 bridgehead atoms. The van der Waals surface area contributed by atoms with Gasteiger partial charge in [0.1, 0.15) is 0 Å². The average molecular weight is 348 g/mol. The van der Waals surface area contributed by atoms with E-state index in [0.717, 1.165) is 38.0 Å². The first-order valence-corrected chi connectivity index (χ1v) is 9.21. The first-order chi connectivity index (χ1) is 11.9. The quantitative estimate of drug-likeness (QED) is 0.739. The van der Waals surface area contributed by atoms with Gasteiger partial charge in [-0.3, -0.25) is 0 Å². The highest BCUT2D eigenvalue weighted by molar-refractivity contribution is 5.74.